The maximum absolute atomic E-state index is 5.88. The molecule has 0 bridgehead atoms. The summed E-state index contributed by atoms with van der Waals surface area (Å²) >= 11 is 3.54. The van der Waals surface area contributed by atoms with Crippen LogP contribution in [0.2, 0.25) is 0 Å². The summed E-state index contributed by atoms with van der Waals surface area (Å²) in [7, 11) is 0. The van der Waals surface area contributed by atoms with Crippen molar-refractivity contribution < 1.29 is 4.74 Å². The third-order valence-corrected chi connectivity index (χ3v) is 5.39. The van der Waals surface area contributed by atoms with Crippen molar-refractivity contribution >= 4 is 15.9 Å². The molecular weight excluding hydrogens is 326 g/mol. The summed E-state index contributed by atoms with van der Waals surface area (Å²) in [6.45, 7) is 1.97. The maximum Gasteiger partial charge on any atom is 0.125 e. The van der Waals surface area contributed by atoms with Gasteiger partial charge in [-0.1, -0.05) is 47.7 Å². The van der Waals surface area contributed by atoms with Crippen LogP contribution in [-0.4, -0.2) is 13.2 Å². The average Bonchev–Trinajstić information content (AvgIpc) is 2.92. The molecule has 1 N–H and O–H groups in total. The first-order chi connectivity index (χ1) is 10.3. The van der Waals surface area contributed by atoms with Crippen LogP contribution >= 0.6 is 15.9 Å². The third kappa shape index (κ3) is 4.23. The predicted octanol–water partition coefficient (Wildman–Crippen LogP) is 5.22. The Hall–Kier alpha value is -0.540. The zero-order valence-electron chi connectivity index (χ0n) is 12.7. The van der Waals surface area contributed by atoms with Crippen LogP contribution in [-0.2, 0) is 0 Å². The van der Waals surface area contributed by atoms with Crippen LogP contribution in [0.4, 0.5) is 0 Å². The molecule has 3 heteroatoms. The van der Waals surface area contributed by atoms with Gasteiger partial charge in [0.05, 0.1) is 6.61 Å². The van der Waals surface area contributed by atoms with Gasteiger partial charge in [0.15, 0.2) is 0 Å². The second kappa shape index (κ2) is 7.64. The third-order valence-electron chi connectivity index (χ3n) is 4.90. The van der Waals surface area contributed by atoms with E-state index in [4.69, 9.17) is 4.74 Å². The highest BCUT2D eigenvalue weighted by Crippen LogP contribution is 2.34. The quantitative estimate of drug-likeness (QED) is 0.734. The van der Waals surface area contributed by atoms with Crippen molar-refractivity contribution in [2.45, 2.75) is 57.4 Å². The van der Waals surface area contributed by atoms with E-state index in [1.54, 1.807) is 0 Å². The van der Waals surface area contributed by atoms with E-state index in [0.717, 1.165) is 35.7 Å². The van der Waals surface area contributed by atoms with Crippen LogP contribution in [0.5, 0.6) is 5.75 Å². The molecule has 2 nitrogen and oxygen atoms in total. The Kier molecular flexibility index (Phi) is 5.59. The summed E-state index contributed by atoms with van der Waals surface area (Å²) in [5, 5.41) is 3.77. The lowest BCUT2D eigenvalue weighted by molar-refractivity contribution is 0.315. The number of ether oxygens (including phenoxy) is 1. The molecule has 0 saturated heterocycles. The van der Waals surface area contributed by atoms with Crippen molar-refractivity contribution in [2.24, 2.45) is 5.92 Å². The van der Waals surface area contributed by atoms with E-state index < -0.39 is 0 Å². The van der Waals surface area contributed by atoms with Gasteiger partial charge in [0.2, 0.25) is 0 Å². The highest BCUT2D eigenvalue weighted by Gasteiger charge is 2.20. The summed E-state index contributed by atoms with van der Waals surface area (Å²) in [5.74, 6) is 2.06. The van der Waals surface area contributed by atoms with Gasteiger partial charge in [0, 0.05) is 16.1 Å². The Labute approximate surface area is 136 Å². The molecule has 2 aliphatic rings. The highest BCUT2D eigenvalue weighted by atomic mass is 79.9. The van der Waals surface area contributed by atoms with Gasteiger partial charge in [-0.15, -0.1) is 0 Å². The smallest absolute Gasteiger partial charge is 0.125 e. The summed E-state index contributed by atoms with van der Waals surface area (Å²) in [6.07, 6.45) is 10.9. The first kappa shape index (κ1) is 15.4. The van der Waals surface area contributed by atoms with E-state index >= 15 is 0 Å². The van der Waals surface area contributed by atoms with E-state index in [9.17, 15) is 0 Å². The minimum Gasteiger partial charge on any atom is -0.493 e. The summed E-state index contributed by atoms with van der Waals surface area (Å²) in [4.78, 5) is 0. The minimum atomic E-state index is 0.458. The number of hydrogen-bond acceptors (Lipinski definition) is 2. The van der Waals surface area contributed by atoms with Gasteiger partial charge >= 0.3 is 0 Å². The van der Waals surface area contributed by atoms with Gasteiger partial charge in [0.1, 0.15) is 5.75 Å². The highest BCUT2D eigenvalue weighted by molar-refractivity contribution is 9.10. The molecule has 116 valence electrons. The van der Waals surface area contributed by atoms with Gasteiger partial charge in [-0.2, -0.15) is 0 Å². The molecule has 1 saturated carbocycles. The van der Waals surface area contributed by atoms with Crippen LogP contribution in [0.3, 0.4) is 0 Å². The molecular formula is C18H26BrNO. The molecule has 1 fully saturated rings. The monoisotopic (exact) mass is 351 g/mol. The Morgan fingerprint density at radius 3 is 2.86 bits per heavy atom. The van der Waals surface area contributed by atoms with Crippen LogP contribution in [0.15, 0.2) is 22.7 Å². The normalized spacial score (nSPS) is 22.6. The largest absolute Gasteiger partial charge is 0.493 e. The number of rotatable bonds is 5. The molecule has 1 aliphatic heterocycles. The standard InChI is InChI=1S/C18H26BrNO/c19-15-9-10-16-17(8-4-12-21-18(16)13-15)20-11-3-7-14-5-1-2-6-14/h9-10,13-14,17,20H,1-8,11-12H2. The Morgan fingerprint density at radius 2 is 2.00 bits per heavy atom. The molecule has 0 spiro atoms. The van der Waals surface area contributed by atoms with E-state index in [2.05, 4.69) is 39.4 Å². The first-order valence-electron chi connectivity index (χ1n) is 8.48. The predicted molar refractivity (Wildman–Crippen MR) is 90.8 cm³/mol. The SMILES string of the molecule is Brc1ccc2c(c1)OCCCC2NCCCC1CCCC1. The van der Waals surface area contributed by atoms with Gasteiger partial charge in [-0.25, -0.2) is 0 Å². The Morgan fingerprint density at radius 1 is 1.14 bits per heavy atom. The fourth-order valence-electron chi connectivity index (χ4n) is 3.72. The molecule has 1 unspecified atom stereocenters. The Balaban J connectivity index is 1.52. The first-order valence-corrected chi connectivity index (χ1v) is 9.28. The second-order valence-corrected chi connectivity index (χ2v) is 7.39. The fourth-order valence-corrected chi connectivity index (χ4v) is 4.06. The number of nitrogens with one attached hydrogen (secondary N) is 1. The van der Waals surface area contributed by atoms with E-state index in [1.165, 1.54) is 50.5 Å². The van der Waals surface area contributed by atoms with Gasteiger partial charge in [-0.3, -0.25) is 0 Å². The number of hydrogen-bond donors (Lipinski definition) is 1. The Bertz CT molecular complexity index is 457. The van der Waals surface area contributed by atoms with Crippen molar-refractivity contribution in [1.29, 1.82) is 0 Å². The topological polar surface area (TPSA) is 21.3 Å². The molecule has 1 heterocycles. The number of benzene rings is 1. The van der Waals surface area contributed by atoms with E-state index in [0.29, 0.717) is 6.04 Å². The second-order valence-electron chi connectivity index (χ2n) is 6.47. The zero-order valence-corrected chi connectivity index (χ0v) is 14.3. The van der Waals surface area contributed by atoms with Crippen molar-refractivity contribution in [3.05, 3.63) is 28.2 Å². The lowest BCUT2D eigenvalue weighted by Crippen LogP contribution is -2.22. The molecule has 1 atom stereocenters. The van der Waals surface area contributed by atoms with Crippen LogP contribution < -0.4 is 10.1 Å². The molecule has 0 aromatic heterocycles. The van der Waals surface area contributed by atoms with E-state index in [1.807, 2.05) is 0 Å². The van der Waals surface area contributed by atoms with Crippen LogP contribution in [0.1, 0.15) is 63.0 Å². The summed E-state index contributed by atoms with van der Waals surface area (Å²) < 4.78 is 6.98. The van der Waals surface area contributed by atoms with Crippen LogP contribution in [0, 0.1) is 5.92 Å². The molecule has 1 aromatic rings. The molecule has 0 amide bonds. The van der Waals surface area contributed by atoms with Crippen molar-refractivity contribution in [2.75, 3.05) is 13.2 Å². The molecule has 0 radical (unpaired) electrons. The maximum atomic E-state index is 5.88. The lowest BCUT2D eigenvalue weighted by atomic mass is 10.00. The summed E-state index contributed by atoms with van der Waals surface area (Å²) in [6, 6.07) is 6.90. The fraction of sp³-hybridized carbons (Fsp3) is 0.667. The van der Waals surface area contributed by atoms with Gasteiger partial charge < -0.3 is 10.1 Å². The average molecular weight is 352 g/mol. The van der Waals surface area contributed by atoms with Crippen LogP contribution in [0.25, 0.3) is 0 Å². The molecule has 21 heavy (non-hydrogen) atoms. The summed E-state index contributed by atoms with van der Waals surface area (Å²) in [5.41, 5.74) is 1.33. The van der Waals surface area contributed by atoms with Crippen molar-refractivity contribution in [3.8, 4) is 5.75 Å². The van der Waals surface area contributed by atoms with E-state index in [-0.39, 0.29) is 0 Å². The number of halogens is 1. The number of fused-ring (bicyclic) bond motifs is 1. The minimum absolute atomic E-state index is 0.458. The molecule has 1 aromatic carbocycles. The van der Waals surface area contributed by atoms with Crippen molar-refractivity contribution in [1.82, 2.24) is 5.32 Å². The zero-order chi connectivity index (χ0) is 14.5. The molecule has 3 rings (SSSR count). The van der Waals surface area contributed by atoms with Gasteiger partial charge in [0.25, 0.3) is 0 Å². The molecule has 1 aliphatic carbocycles. The lowest BCUT2D eigenvalue weighted by Gasteiger charge is -2.19. The van der Waals surface area contributed by atoms with Gasteiger partial charge in [-0.05, 0) is 50.3 Å². The van der Waals surface area contributed by atoms with Crippen molar-refractivity contribution in [3.63, 3.8) is 0 Å².